The van der Waals surface area contributed by atoms with E-state index in [9.17, 15) is 13.6 Å². The second kappa shape index (κ2) is 4.35. The maximum atomic E-state index is 12.3. The van der Waals surface area contributed by atoms with Gasteiger partial charge >= 0.3 is 5.97 Å². The summed E-state index contributed by atoms with van der Waals surface area (Å²) in [5.41, 5.74) is 0. The minimum atomic E-state index is -2.96. The number of aliphatic carboxylic acids is 1. The van der Waals surface area contributed by atoms with Gasteiger partial charge in [0.1, 0.15) is 0 Å². The zero-order valence-corrected chi connectivity index (χ0v) is 7.01. The maximum absolute atomic E-state index is 12.3. The van der Waals surface area contributed by atoms with Crippen LogP contribution in [0.15, 0.2) is 0 Å². The first-order valence-corrected chi connectivity index (χ1v) is 3.46. The predicted molar refractivity (Wildman–Crippen MR) is 38.2 cm³/mol. The number of carbonyl (C=O) groups is 1. The molecule has 1 N–H and O–H groups in total. The third kappa shape index (κ3) is 5.01. The van der Waals surface area contributed by atoms with Gasteiger partial charge in [-0.15, -0.1) is 0 Å². The van der Waals surface area contributed by atoms with Crippen molar-refractivity contribution in [1.29, 1.82) is 0 Å². The zero-order chi connectivity index (χ0) is 9.78. The molecule has 0 bridgehead atoms. The average Bonchev–Trinajstić information content (AvgIpc) is 1.83. The number of carboxylic acid groups (broad SMARTS) is 1. The minimum Gasteiger partial charge on any atom is -0.481 e. The van der Waals surface area contributed by atoms with Crippen molar-refractivity contribution < 1.29 is 23.4 Å². The van der Waals surface area contributed by atoms with Crippen LogP contribution in [0.4, 0.5) is 8.78 Å². The Bertz CT molecular complexity index is 153. The molecule has 0 radical (unpaired) electrons. The molecule has 0 aromatic carbocycles. The van der Waals surface area contributed by atoms with Crippen molar-refractivity contribution in [2.24, 2.45) is 5.92 Å². The Morgan fingerprint density at radius 2 is 2.17 bits per heavy atom. The molecule has 72 valence electrons. The molecule has 0 aliphatic carbocycles. The van der Waals surface area contributed by atoms with Crippen LogP contribution in [0, 0.1) is 5.92 Å². The number of hydrogen-bond acceptors (Lipinski definition) is 2. The van der Waals surface area contributed by atoms with Crippen LogP contribution in [0.1, 0.15) is 13.3 Å². The van der Waals surface area contributed by atoms with Crippen molar-refractivity contribution in [1.82, 2.24) is 0 Å². The third-order valence-electron chi connectivity index (χ3n) is 1.32. The van der Waals surface area contributed by atoms with E-state index in [-0.39, 0.29) is 6.61 Å². The van der Waals surface area contributed by atoms with Gasteiger partial charge in [0.25, 0.3) is 0 Å². The fourth-order valence-electron chi connectivity index (χ4n) is 0.851. The standard InChI is InChI=1S/C7H12F2O3/c1-7(8,9)3-5(4-12-2)6(10)11/h5H,3-4H2,1-2H3,(H,10,11). The monoisotopic (exact) mass is 182 g/mol. The lowest BCUT2D eigenvalue weighted by molar-refractivity contribution is -0.147. The molecule has 5 heteroatoms. The van der Waals surface area contributed by atoms with Gasteiger partial charge < -0.3 is 9.84 Å². The first kappa shape index (κ1) is 11.3. The minimum absolute atomic E-state index is 0.182. The lowest BCUT2D eigenvalue weighted by Crippen LogP contribution is -2.26. The topological polar surface area (TPSA) is 46.5 Å². The number of ether oxygens (including phenoxy) is 1. The molecule has 3 nitrogen and oxygen atoms in total. The number of methoxy groups -OCH3 is 1. The van der Waals surface area contributed by atoms with Crippen molar-refractivity contribution in [3.05, 3.63) is 0 Å². The van der Waals surface area contributed by atoms with Crippen LogP contribution in [0.2, 0.25) is 0 Å². The average molecular weight is 182 g/mol. The highest BCUT2D eigenvalue weighted by Gasteiger charge is 2.30. The maximum Gasteiger partial charge on any atom is 0.309 e. The third-order valence-corrected chi connectivity index (χ3v) is 1.32. The molecule has 1 atom stereocenters. The van der Waals surface area contributed by atoms with Gasteiger partial charge in [-0.3, -0.25) is 4.79 Å². The molecule has 0 aliphatic heterocycles. The highest BCUT2D eigenvalue weighted by molar-refractivity contribution is 5.70. The Morgan fingerprint density at radius 3 is 2.42 bits per heavy atom. The second-order valence-electron chi connectivity index (χ2n) is 2.76. The van der Waals surface area contributed by atoms with E-state index in [0.29, 0.717) is 6.92 Å². The number of rotatable bonds is 5. The van der Waals surface area contributed by atoms with Crippen LogP contribution in [0.5, 0.6) is 0 Å². The molecule has 0 aromatic heterocycles. The summed E-state index contributed by atoms with van der Waals surface area (Å²) in [7, 11) is 1.28. The highest BCUT2D eigenvalue weighted by atomic mass is 19.3. The fraction of sp³-hybridized carbons (Fsp3) is 0.857. The second-order valence-corrected chi connectivity index (χ2v) is 2.76. The Hall–Kier alpha value is -0.710. The van der Waals surface area contributed by atoms with Gasteiger partial charge in [-0.25, -0.2) is 8.78 Å². The molecular formula is C7H12F2O3. The predicted octanol–water partition coefficient (Wildman–Crippen LogP) is 1.38. The van der Waals surface area contributed by atoms with Gasteiger partial charge in [0.15, 0.2) is 0 Å². The molecule has 0 spiro atoms. The molecule has 0 rings (SSSR count). The van der Waals surface area contributed by atoms with Gasteiger partial charge in [-0.1, -0.05) is 0 Å². The van der Waals surface area contributed by atoms with Gasteiger partial charge in [0, 0.05) is 13.5 Å². The lowest BCUT2D eigenvalue weighted by atomic mass is 10.0. The number of alkyl halides is 2. The van der Waals surface area contributed by atoms with E-state index < -0.39 is 24.2 Å². The van der Waals surface area contributed by atoms with Gasteiger partial charge in [0.05, 0.1) is 12.5 Å². The summed E-state index contributed by atoms with van der Waals surface area (Å²) in [5, 5.41) is 8.45. The highest BCUT2D eigenvalue weighted by Crippen LogP contribution is 2.22. The van der Waals surface area contributed by atoms with Crippen LogP contribution in [0.3, 0.4) is 0 Å². The summed E-state index contributed by atoms with van der Waals surface area (Å²) in [6.07, 6.45) is -0.684. The molecule has 0 aliphatic rings. The normalized spacial score (nSPS) is 14.3. The molecule has 1 unspecified atom stereocenters. The van der Waals surface area contributed by atoms with Crippen LogP contribution in [0.25, 0.3) is 0 Å². The first-order valence-electron chi connectivity index (χ1n) is 3.46. The molecule has 0 aromatic rings. The molecule has 0 saturated heterocycles. The fourth-order valence-corrected chi connectivity index (χ4v) is 0.851. The van der Waals surface area contributed by atoms with Crippen molar-refractivity contribution in [2.75, 3.05) is 13.7 Å². The van der Waals surface area contributed by atoms with E-state index in [1.54, 1.807) is 0 Å². The summed E-state index contributed by atoms with van der Waals surface area (Å²) < 4.78 is 29.2. The van der Waals surface area contributed by atoms with Crippen LogP contribution in [-0.2, 0) is 9.53 Å². The van der Waals surface area contributed by atoms with Gasteiger partial charge in [0.2, 0.25) is 5.92 Å². The van der Waals surface area contributed by atoms with E-state index in [1.165, 1.54) is 7.11 Å². The number of hydrogen-bond donors (Lipinski definition) is 1. The van der Waals surface area contributed by atoms with Crippen molar-refractivity contribution in [2.45, 2.75) is 19.3 Å². The van der Waals surface area contributed by atoms with Crippen molar-refractivity contribution >= 4 is 5.97 Å². The Balaban J connectivity index is 4.05. The SMILES string of the molecule is COCC(CC(C)(F)F)C(=O)O. The molecule has 12 heavy (non-hydrogen) atoms. The Kier molecular flexibility index (Phi) is 4.09. The molecule has 0 heterocycles. The van der Waals surface area contributed by atoms with Crippen molar-refractivity contribution in [3.63, 3.8) is 0 Å². The quantitative estimate of drug-likeness (QED) is 0.698. The lowest BCUT2D eigenvalue weighted by Gasteiger charge is -2.15. The van der Waals surface area contributed by atoms with Gasteiger partial charge in [-0.2, -0.15) is 0 Å². The summed E-state index contributed by atoms with van der Waals surface area (Å²) in [6, 6.07) is 0. The van der Waals surface area contributed by atoms with Crippen LogP contribution in [-0.4, -0.2) is 30.7 Å². The summed E-state index contributed by atoms with van der Waals surface area (Å²) in [4.78, 5) is 10.4. The summed E-state index contributed by atoms with van der Waals surface area (Å²) in [5.74, 6) is -5.34. The van der Waals surface area contributed by atoms with Gasteiger partial charge in [-0.05, 0) is 6.92 Å². The smallest absolute Gasteiger partial charge is 0.309 e. The van der Waals surface area contributed by atoms with Crippen LogP contribution < -0.4 is 0 Å². The molecular weight excluding hydrogens is 170 g/mol. The summed E-state index contributed by atoms with van der Waals surface area (Å²) in [6.45, 7) is 0.511. The molecule has 0 fully saturated rings. The zero-order valence-electron chi connectivity index (χ0n) is 7.01. The largest absolute Gasteiger partial charge is 0.481 e. The van der Waals surface area contributed by atoms with E-state index in [0.717, 1.165) is 0 Å². The van der Waals surface area contributed by atoms with E-state index in [4.69, 9.17) is 5.11 Å². The Morgan fingerprint density at radius 1 is 1.67 bits per heavy atom. The van der Waals surface area contributed by atoms with Crippen LogP contribution >= 0.6 is 0 Å². The summed E-state index contributed by atoms with van der Waals surface area (Å²) >= 11 is 0. The van der Waals surface area contributed by atoms with E-state index in [1.807, 2.05) is 0 Å². The molecule has 0 saturated carbocycles. The first-order chi connectivity index (χ1) is 5.37. The van der Waals surface area contributed by atoms with E-state index in [2.05, 4.69) is 4.74 Å². The molecule has 0 amide bonds. The number of carboxylic acids is 1. The number of halogens is 2. The van der Waals surface area contributed by atoms with E-state index >= 15 is 0 Å². The Labute approximate surface area is 69.3 Å². The van der Waals surface area contributed by atoms with Crippen molar-refractivity contribution in [3.8, 4) is 0 Å².